The van der Waals surface area contributed by atoms with Crippen molar-refractivity contribution >= 4 is 41.6 Å². The molecule has 0 radical (unpaired) electrons. The third-order valence-electron chi connectivity index (χ3n) is 7.43. The second-order valence-electron chi connectivity index (χ2n) is 10.6. The zero-order valence-corrected chi connectivity index (χ0v) is 22.5. The van der Waals surface area contributed by atoms with Crippen molar-refractivity contribution in [3.8, 4) is 0 Å². The van der Waals surface area contributed by atoms with Crippen LogP contribution in [0.3, 0.4) is 0 Å². The van der Waals surface area contributed by atoms with Gasteiger partial charge in [-0.1, -0.05) is 42.5 Å². The number of benzodiazepines with no additional fused rings is 1. The van der Waals surface area contributed by atoms with Crippen LogP contribution in [0.2, 0.25) is 0 Å². The molecule has 0 spiro atoms. The summed E-state index contributed by atoms with van der Waals surface area (Å²) in [6.45, 7) is 7.94. The first kappa shape index (κ1) is 26.6. The number of nitrogens with one attached hydrogen (secondary N) is 2. The minimum absolute atomic E-state index is 0.235. The second kappa shape index (κ2) is 9.94. The Morgan fingerprint density at radius 2 is 1.51 bits per heavy atom. The van der Waals surface area contributed by atoms with Gasteiger partial charge in [-0.05, 0) is 63.5 Å². The Balaban J connectivity index is 1.36. The molecule has 3 amide bonds. The topological polar surface area (TPSA) is 92.3 Å². The molecule has 5 rings (SSSR count). The first-order valence-electron chi connectivity index (χ1n) is 12.7. The molecule has 1 fully saturated rings. The van der Waals surface area contributed by atoms with E-state index in [0.29, 0.717) is 16.9 Å². The van der Waals surface area contributed by atoms with Gasteiger partial charge in [-0.15, -0.1) is 0 Å². The Morgan fingerprint density at radius 1 is 0.923 bits per heavy atom. The predicted octanol–water partition coefficient (Wildman–Crippen LogP) is 4.09. The fourth-order valence-electron chi connectivity index (χ4n) is 4.48. The number of carbonyl (C=O) groups is 2. The summed E-state index contributed by atoms with van der Waals surface area (Å²) in [6.07, 6.45) is -1.28. The summed E-state index contributed by atoms with van der Waals surface area (Å²) >= 11 is 0. The molecular weight excluding hydrogens is 498 g/mol. The molecular formula is C29H30BFN4O4. The van der Waals surface area contributed by atoms with Gasteiger partial charge in [-0.25, -0.2) is 14.2 Å². The van der Waals surface area contributed by atoms with Gasteiger partial charge in [-0.2, -0.15) is 0 Å². The maximum Gasteiger partial charge on any atom is 0.494 e. The normalized spacial score (nSPS) is 19.7. The van der Waals surface area contributed by atoms with E-state index in [9.17, 15) is 14.0 Å². The van der Waals surface area contributed by atoms with Crippen LogP contribution in [-0.4, -0.2) is 49.2 Å². The molecule has 1 unspecified atom stereocenters. The minimum Gasteiger partial charge on any atom is -0.399 e. The van der Waals surface area contributed by atoms with Gasteiger partial charge in [0, 0.05) is 23.9 Å². The molecule has 0 saturated carbocycles. The molecule has 2 heterocycles. The summed E-state index contributed by atoms with van der Waals surface area (Å²) < 4.78 is 27.0. The molecule has 2 aliphatic heterocycles. The number of aliphatic imine (C=N–C) groups is 1. The number of hydrogen-bond acceptors (Lipinski definition) is 5. The van der Waals surface area contributed by atoms with E-state index in [0.717, 1.165) is 5.46 Å². The Morgan fingerprint density at radius 3 is 2.15 bits per heavy atom. The molecule has 39 heavy (non-hydrogen) atoms. The molecule has 0 bridgehead atoms. The van der Waals surface area contributed by atoms with Gasteiger partial charge >= 0.3 is 13.1 Å². The smallest absolute Gasteiger partial charge is 0.399 e. The SMILES string of the molecule is CN1C(=O)C(NC(=O)Nc2ccc(B3OC(C)(C)C(C)(C)O3)cc2)N=C(c2ccccc2F)c2ccccc21. The van der Waals surface area contributed by atoms with Gasteiger partial charge in [0.1, 0.15) is 5.82 Å². The summed E-state index contributed by atoms with van der Waals surface area (Å²) in [7, 11) is 1.08. The molecule has 2 aliphatic rings. The van der Waals surface area contributed by atoms with Crippen LogP contribution in [0.1, 0.15) is 38.8 Å². The maximum absolute atomic E-state index is 14.8. The lowest BCUT2D eigenvalue weighted by Gasteiger charge is -2.32. The number of para-hydroxylation sites is 1. The van der Waals surface area contributed by atoms with Crippen LogP contribution in [-0.2, 0) is 14.1 Å². The van der Waals surface area contributed by atoms with E-state index in [2.05, 4.69) is 15.6 Å². The van der Waals surface area contributed by atoms with E-state index in [-0.39, 0.29) is 11.3 Å². The molecule has 3 aromatic carbocycles. The fourth-order valence-corrected chi connectivity index (χ4v) is 4.48. The summed E-state index contributed by atoms with van der Waals surface area (Å²) in [6, 6.07) is 19.8. The van der Waals surface area contributed by atoms with Crippen molar-refractivity contribution in [2.75, 3.05) is 17.3 Å². The number of likely N-dealkylation sites (N-methyl/N-ethyl adjacent to an activating group) is 1. The zero-order chi connectivity index (χ0) is 27.9. The standard InChI is InChI=1S/C29H30BFN4O4/c1-28(2)29(3,4)39-30(38-28)18-14-16-19(17-15-18)32-27(37)34-25-26(36)35(5)23-13-9-7-11-21(23)24(33-25)20-10-6-8-12-22(20)31/h6-17,25H,1-5H3,(H2,32,34,37). The fraction of sp³-hybridized carbons (Fsp3) is 0.276. The van der Waals surface area contributed by atoms with E-state index in [1.165, 1.54) is 11.0 Å². The average molecular weight is 528 g/mol. The van der Waals surface area contributed by atoms with Crippen molar-refractivity contribution in [3.63, 3.8) is 0 Å². The van der Waals surface area contributed by atoms with Crippen LogP contribution in [0.4, 0.5) is 20.6 Å². The Labute approximate surface area is 227 Å². The number of nitrogens with zero attached hydrogens (tertiary/aromatic N) is 2. The first-order chi connectivity index (χ1) is 18.5. The van der Waals surface area contributed by atoms with Crippen molar-refractivity contribution in [2.45, 2.75) is 45.1 Å². The van der Waals surface area contributed by atoms with E-state index >= 15 is 0 Å². The molecule has 1 atom stereocenters. The molecule has 200 valence electrons. The van der Waals surface area contributed by atoms with Crippen LogP contribution in [0.15, 0.2) is 77.8 Å². The van der Waals surface area contributed by atoms with Gasteiger partial charge in [0.25, 0.3) is 5.91 Å². The Hall–Kier alpha value is -4.02. The van der Waals surface area contributed by atoms with Crippen molar-refractivity contribution < 1.29 is 23.3 Å². The monoisotopic (exact) mass is 528 g/mol. The predicted molar refractivity (Wildman–Crippen MR) is 150 cm³/mol. The molecule has 8 nitrogen and oxygen atoms in total. The highest BCUT2D eigenvalue weighted by Crippen LogP contribution is 2.36. The maximum atomic E-state index is 14.8. The lowest BCUT2D eigenvalue weighted by atomic mass is 9.79. The number of fused-ring (bicyclic) bond motifs is 1. The average Bonchev–Trinajstić information content (AvgIpc) is 3.07. The first-order valence-corrected chi connectivity index (χ1v) is 12.7. The Kier molecular flexibility index (Phi) is 6.78. The van der Waals surface area contributed by atoms with Crippen LogP contribution in [0, 0.1) is 5.82 Å². The number of amides is 3. The lowest BCUT2D eigenvalue weighted by molar-refractivity contribution is -0.119. The van der Waals surface area contributed by atoms with Crippen molar-refractivity contribution in [1.29, 1.82) is 0 Å². The molecule has 10 heteroatoms. The Bertz CT molecular complexity index is 1440. The third kappa shape index (κ3) is 5.05. The number of hydrogen-bond donors (Lipinski definition) is 2. The second-order valence-corrected chi connectivity index (χ2v) is 10.6. The molecule has 2 N–H and O–H groups in total. The molecule has 0 aliphatic carbocycles. The molecule has 0 aromatic heterocycles. The lowest BCUT2D eigenvalue weighted by Crippen LogP contribution is -2.47. The van der Waals surface area contributed by atoms with E-state index in [1.807, 2.05) is 39.8 Å². The minimum atomic E-state index is -1.28. The number of benzene rings is 3. The van der Waals surface area contributed by atoms with Crippen molar-refractivity contribution in [2.24, 2.45) is 4.99 Å². The van der Waals surface area contributed by atoms with Gasteiger partial charge in [-0.3, -0.25) is 4.79 Å². The number of carbonyl (C=O) groups excluding carboxylic acids is 2. The molecule has 1 saturated heterocycles. The van der Waals surface area contributed by atoms with Gasteiger partial charge in [0.2, 0.25) is 6.17 Å². The van der Waals surface area contributed by atoms with Crippen LogP contribution in [0.25, 0.3) is 0 Å². The largest absolute Gasteiger partial charge is 0.494 e. The highest BCUT2D eigenvalue weighted by atomic mass is 19.1. The summed E-state index contributed by atoms with van der Waals surface area (Å²) in [5.74, 6) is -0.937. The zero-order valence-electron chi connectivity index (χ0n) is 22.5. The summed E-state index contributed by atoms with van der Waals surface area (Å²) in [5.41, 5.74) is 2.05. The molecule has 3 aromatic rings. The number of anilines is 2. The van der Waals surface area contributed by atoms with E-state index < -0.39 is 42.2 Å². The number of halogens is 1. The van der Waals surface area contributed by atoms with Gasteiger partial charge in [0.05, 0.1) is 22.6 Å². The summed E-state index contributed by atoms with van der Waals surface area (Å²) in [4.78, 5) is 32.2. The van der Waals surface area contributed by atoms with Crippen LogP contribution >= 0.6 is 0 Å². The highest BCUT2D eigenvalue weighted by Gasteiger charge is 2.51. The van der Waals surface area contributed by atoms with E-state index in [4.69, 9.17) is 9.31 Å². The number of rotatable bonds is 4. The van der Waals surface area contributed by atoms with Crippen molar-refractivity contribution in [1.82, 2.24) is 5.32 Å². The number of urea groups is 1. The summed E-state index contributed by atoms with van der Waals surface area (Å²) in [5, 5.41) is 5.37. The quantitative estimate of drug-likeness (QED) is 0.500. The van der Waals surface area contributed by atoms with E-state index in [1.54, 1.807) is 61.6 Å². The van der Waals surface area contributed by atoms with Gasteiger partial charge in [0.15, 0.2) is 0 Å². The third-order valence-corrected chi connectivity index (χ3v) is 7.43. The van der Waals surface area contributed by atoms with Crippen LogP contribution < -0.4 is 21.0 Å². The highest BCUT2D eigenvalue weighted by molar-refractivity contribution is 6.62. The van der Waals surface area contributed by atoms with Crippen LogP contribution in [0.5, 0.6) is 0 Å². The van der Waals surface area contributed by atoms with Crippen molar-refractivity contribution in [3.05, 3.63) is 89.7 Å². The van der Waals surface area contributed by atoms with Gasteiger partial charge < -0.3 is 24.8 Å².